The lowest BCUT2D eigenvalue weighted by Crippen LogP contribution is -2.11. The number of furan rings is 1. The molecule has 0 radical (unpaired) electrons. The second-order valence-corrected chi connectivity index (χ2v) is 3.69. The molecule has 0 atom stereocenters. The Bertz CT molecular complexity index is 774. The van der Waals surface area contributed by atoms with Gasteiger partial charge in [0.1, 0.15) is 7.61 Å². The van der Waals surface area contributed by atoms with Crippen molar-refractivity contribution < 1.29 is 12.0 Å². The minimum Gasteiger partial charge on any atom is -0.472 e. The summed E-state index contributed by atoms with van der Waals surface area (Å²) in [4.78, 5) is 16.4. The lowest BCUT2D eigenvalue weighted by atomic mass is 10.2. The van der Waals surface area contributed by atoms with Gasteiger partial charge in [-0.15, -0.1) is 0 Å². The summed E-state index contributed by atoms with van der Waals surface area (Å²) in [6.45, 7) is 0. The molecule has 1 aromatic carbocycles. The van der Waals surface area contributed by atoms with Crippen LogP contribution in [-0.4, -0.2) is 10.9 Å². The summed E-state index contributed by atoms with van der Waals surface area (Å²) in [6.07, 6.45) is 2.39. The van der Waals surface area contributed by atoms with Gasteiger partial charge in [-0.2, -0.15) is 0 Å². The van der Waals surface area contributed by atoms with E-state index in [-0.39, 0.29) is 17.8 Å². The normalized spacial score (nSPS) is 12.0. The van der Waals surface area contributed by atoms with Gasteiger partial charge in [0.05, 0.1) is 24.4 Å². The number of nitrogens with one attached hydrogen (secondary N) is 1. The van der Waals surface area contributed by atoms with Crippen molar-refractivity contribution in [1.29, 1.82) is 0 Å². The molecule has 0 saturated carbocycles. The number of rotatable bonds is 2. The number of pyridine rings is 1. The van der Waals surface area contributed by atoms with Crippen LogP contribution in [0.5, 0.6) is 0 Å². The number of anilines is 1. The zero-order valence-corrected chi connectivity index (χ0v) is 9.31. The number of carbonyl (C=O) groups is 1. The quantitative estimate of drug-likeness (QED) is 0.748. The first-order valence-electron chi connectivity index (χ1n) is 6.36. The van der Waals surface area contributed by atoms with Gasteiger partial charge in [-0.05, 0) is 18.2 Å². The highest BCUT2D eigenvalue weighted by molar-refractivity contribution is 6.08. The van der Waals surface area contributed by atoms with E-state index in [1.807, 2.05) is 18.2 Å². The molecule has 18 heavy (non-hydrogen) atoms. The summed E-state index contributed by atoms with van der Waals surface area (Å²) in [5.74, 6) is -0.549. The second-order valence-electron chi connectivity index (χ2n) is 3.69. The summed E-state index contributed by atoms with van der Waals surface area (Å²) < 4.78 is 19.8. The fourth-order valence-corrected chi connectivity index (χ4v) is 1.71. The molecule has 0 aliphatic heterocycles. The van der Waals surface area contributed by atoms with Crippen molar-refractivity contribution in [3.63, 3.8) is 0 Å². The van der Waals surface area contributed by atoms with Gasteiger partial charge >= 0.3 is 0 Å². The molecule has 4 heteroatoms. The molecule has 4 nitrogen and oxygen atoms in total. The van der Waals surface area contributed by atoms with Gasteiger partial charge in [-0.1, -0.05) is 18.2 Å². The number of hydrogen-bond acceptors (Lipinski definition) is 3. The van der Waals surface area contributed by atoms with E-state index in [2.05, 4.69) is 10.3 Å². The van der Waals surface area contributed by atoms with Gasteiger partial charge in [0.2, 0.25) is 0 Å². The first-order valence-corrected chi connectivity index (χ1v) is 5.36. The van der Waals surface area contributed by atoms with Gasteiger partial charge < -0.3 is 9.73 Å². The maximum absolute atomic E-state index is 12.1. The number of fused-ring (bicyclic) bond motifs is 1. The third kappa shape index (κ3) is 1.84. The number of carbonyl (C=O) groups excluding carboxylic acids is 1. The van der Waals surface area contributed by atoms with Gasteiger partial charge in [0, 0.05) is 11.6 Å². The fraction of sp³-hybridized carbons (Fsp3) is 0. The monoisotopic (exact) mass is 240 g/mol. The van der Waals surface area contributed by atoms with E-state index >= 15 is 0 Å². The molecule has 0 saturated heterocycles. The van der Waals surface area contributed by atoms with Crippen molar-refractivity contribution in [1.82, 2.24) is 4.98 Å². The van der Waals surface area contributed by atoms with Crippen LogP contribution < -0.4 is 5.32 Å². The van der Waals surface area contributed by atoms with Crippen molar-refractivity contribution in [2.75, 3.05) is 5.32 Å². The van der Waals surface area contributed by atoms with E-state index in [0.29, 0.717) is 11.2 Å². The lowest BCUT2D eigenvalue weighted by molar-refractivity contribution is 0.102. The van der Waals surface area contributed by atoms with Crippen LogP contribution in [0.15, 0.2) is 59.5 Å². The third-order valence-electron chi connectivity index (χ3n) is 2.53. The molecule has 1 amide bonds. The average molecular weight is 240 g/mol. The van der Waals surface area contributed by atoms with Crippen LogP contribution >= 0.6 is 0 Å². The summed E-state index contributed by atoms with van der Waals surface area (Å²) in [5, 5.41) is 3.57. The molecule has 3 rings (SSSR count). The Morgan fingerprint density at radius 1 is 1.33 bits per heavy atom. The van der Waals surface area contributed by atoms with Gasteiger partial charge in [-0.3, -0.25) is 9.78 Å². The number of amides is 1. The molecular weight excluding hydrogens is 228 g/mol. The Kier molecular flexibility index (Phi) is 2.04. The molecule has 1 N–H and O–H groups in total. The van der Waals surface area contributed by atoms with E-state index in [9.17, 15) is 4.79 Å². The van der Waals surface area contributed by atoms with Crippen molar-refractivity contribution in [2.45, 2.75) is 0 Å². The Morgan fingerprint density at radius 3 is 3.06 bits per heavy atom. The number of benzene rings is 1. The molecule has 0 aliphatic carbocycles. The Hall–Kier alpha value is -2.62. The largest absolute Gasteiger partial charge is 0.472 e. The standard InChI is InChI=1S/C14H10N2O2/c17-14(11-6-8-18-9-11)16-12-5-1-3-10-4-2-7-15-13(10)12/h1-9H,(H,16,17)/i6D,9D. The van der Waals surface area contributed by atoms with Crippen molar-refractivity contribution in [2.24, 2.45) is 0 Å². The molecule has 3 aromatic rings. The van der Waals surface area contributed by atoms with E-state index in [4.69, 9.17) is 7.16 Å². The van der Waals surface area contributed by atoms with Gasteiger partial charge in [0.15, 0.2) is 0 Å². The molecular formula is C14H10N2O2. The highest BCUT2D eigenvalue weighted by Gasteiger charge is 2.09. The Balaban J connectivity index is 2.00. The zero-order chi connectivity index (χ0) is 14.1. The van der Waals surface area contributed by atoms with Crippen molar-refractivity contribution in [3.05, 3.63) is 60.6 Å². The Morgan fingerprint density at radius 2 is 2.22 bits per heavy atom. The van der Waals surface area contributed by atoms with E-state index in [1.165, 1.54) is 0 Å². The lowest BCUT2D eigenvalue weighted by Gasteiger charge is -2.06. The smallest absolute Gasteiger partial charge is 0.258 e. The highest BCUT2D eigenvalue weighted by Crippen LogP contribution is 2.21. The van der Waals surface area contributed by atoms with Gasteiger partial charge in [-0.25, -0.2) is 0 Å². The predicted molar refractivity (Wildman–Crippen MR) is 68.4 cm³/mol. The minimum atomic E-state index is -0.549. The van der Waals surface area contributed by atoms with Crippen molar-refractivity contribution >= 4 is 22.5 Å². The molecule has 0 spiro atoms. The average Bonchev–Trinajstić information content (AvgIpc) is 2.78. The summed E-state index contributed by atoms with van der Waals surface area (Å²) in [7, 11) is 0. The predicted octanol–water partition coefficient (Wildman–Crippen LogP) is 3.08. The molecule has 88 valence electrons. The van der Waals surface area contributed by atoms with E-state index in [1.54, 1.807) is 18.3 Å². The number of nitrogens with zero attached hydrogens (tertiary/aromatic N) is 1. The molecule has 2 heterocycles. The van der Waals surface area contributed by atoms with Crippen LogP contribution in [0.1, 0.15) is 13.1 Å². The van der Waals surface area contributed by atoms with Crippen LogP contribution in [0.3, 0.4) is 0 Å². The highest BCUT2D eigenvalue weighted by atomic mass is 16.3. The molecule has 0 unspecified atom stereocenters. The summed E-state index contributed by atoms with van der Waals surface area (Å²) in [6, 6.07) is 9.01. The molecule has 0 aliphatic rings. The number of aromatic nitrogens is 1. The van der Waals surface area contributed by atoms with Crippen LogP contribution in [0.25, 0.3) is 10.9 Å². The zero-order valence-electron chi connectivity index (χ0n) is 11.3. The van der Waals surface area contributed by atoms with Crippen LogP contribution in [-0.2, 0) is 0 Å². The first-order chi connectivity index (χ1) is 9.66. The van der Waals surface area contributed by atoms with E-state index in [0.717, 1.165) is 11.6 Å². The van der Waals surface area contributed by atoms with Gasteiger partial charge in [0.25, 0.3) is 5.91 Å². The number of hydrogen-bond donors (Lipinski definition) is 1. The first kappa shape index (κ1) is 8.47. The Labute approximate surface area is 106 Å². The van der Waals surface area contributed by atoms with Crippen LogP contribution in [0.2, 0.25) is 0 Å². The molecule has 0 fully saturated rings. The van der Waals surface area contributed by atoms with Crippen molar-refractivity contribution in [3.8, 4) is 0 Å². The maximum Gasteiger partial charge on any atom is 0.258 e. The summed E-state index contributed by atoms with van der Waals surface area (Å²) >= 11 is 0. The summed E-state index contributed by atoms with van der Waals surface area (Å²) in [5.41, 5.74) is 1.11. The number of para-hydroxylation sites is 1. The van der Waals surface area contributed by atoms with E-state index < -0.39 is 5.91 Å². The maximum atomic E-state index is 12.1. The minimum absolute atomic E-state index is 0.0852. The second kappa shape index (κ2) is 4.33. The topological polar surface area (TPSA) is 55.1 Å². The van der Waals surface area contributed by atoms with Crippen LogP contribution in [0, 0.1) is 0 Å². The molecule has 0 bridgehead atoms. The van der Waals surface area contributed by atoms with Crippen LogP contribution in [0.4, 0.5) is 5.69 Å². The molecule has 2 aromatic heterocycles. The third-order valence-corrected chi connectivity index (χ3v) is 2.53. The fourth-order valence-electron chi connectivity index (χ4n) is 1.71. The SMILES string of the molecule is [2H]c1coc([2H])c1C(=O)Nc1cccc2cccnc12.